The molecule has 5 nitrogen and oxygen atoms in total. The number of hydrogen-bond acceptors (Lipinski definition) is 4. The Balaban J connectivity index is 1.60. The van der Waals surface area contributed by atoms with Gasteiger partial charge in [-0.05, 0) is 43.5 Å². The first-order valence-corrected chi connectivity index (χ1v) is 9.82. The lowest BCUT2D eigenvalue weighted by Gasteiger charge is -2.14. The summed E-state index contributed by atoms with van der Waals surface area (Å²) in [6, 6.07) is 12.5. The van der Waals surface area contributed by atoms with Crippen molar-refractivity contribution in [3.8, 4) is 5.69 Å². The molecule has 1 aliphatic heterocycles. The van der Waals surface area contributed by atoms with Crippen molar-refractivity contribution in [3.05, 3.63) is 76.1 Å². The van der Waals surface area contributed by atoms with E-state index in [4.69, 9.17) is 16.6 Å². The van der Waals surface area contributed by atoms with Crippen LogP contribution in [0.4, 0.5) is 4.39 Å². The zero-order valence-electron chi connectivity index (χ0n) is 15.2. The van der Waals surface area contributed by atoms with Crippen LogP contribution in [0.2, 0.25) is 5.02 Å². The third kappa shape index (κ3) is 3.23. The van der Waals surface area contributed by atoms with Crippen LogP contribution in [0.5, 0.6) is 0 Å². The van der Waals surface area contributed by atoms with E-state index in [1.807, 2.05) is 34.9 Å². The van der Waals surface area contributed by atoms with Crippen molar-refractivity contribution >= 4 is 17.3 Å². The van der Waals surface area contributed by atoms with Gasteiger partial charge in [0.05, 0.1) is 17.9 Å². The normalized spacial score (nSPS) is 15.6. The average Bonchev–Trinajstić information content (AvgIpc) is 3.45. The number of para-hydroxylation sites is 1. The number of rotatable bonds is 5. The number of halogens is 2. The van der Waals surface area contributed by atoms with E-state index in [1.54, 1.807) is 6.07 Å². The molecule has 7 heteroatoms. The largest absolute Gasteiger partial charge is 0.310 e. The molecule has 1 aliphatic carbocycles. The molecule has 1 saturated carbocycles. The second kappa shape index (κ2) is 7.11. The van der Waals surface area contributed by atoms with Gasteiger partial charge in [-0.15, -0.1) is 10.2 Å². The van der Waals surface area contributed by atoms with Crippen molar-refractivity contribution in [2.24, 2.45) is 10.9 Å². The molecule has 3 aromatic rings. The molecular weight excluding hydrogens is 377 g/mol. The van der Waals surface area contributed by atoms with E-state index in [-0.39, 0.29) is 5.82 Å². The van der Waals surface area contributed by atoms with Gasteiger partial charge in [-0.3, -0.25) is 9.56 Å². The molecule has 2 heterocycles. The predicted octanol–water partition coefficient (Wildman–Crippen LogP) is 3.91. The van der Waals surface area contributed by atoms with Crippen molar-refractivity contribution in [3.63, 3.8) is 0 Å². The Bertz CT molecular complexity index is 1070. The van der Waals surface area contributed by atoms with Gasteiger partial charge in [0, 0.05) is 16.1 Å². The summed E-state index contributed by atoms with van der Waals surface area (Å²) in [6.07, 6.45) is 2.55. The maximum Gasteiger partial charge on any atom is 0.159 e. The molecule has 1 aromatic heterocycles. The van der Waals surface area contributed by atoms with E-state index in [9.17, 15) is 0 Å². The second-order valence-electron chi connectivity index (χ2n) is 7.25. The number of aliphatic imine (C=N–C) groups is 1. The number of hydrogen-bond donors (Lipinski definition) is 1. The van der Waals surface area contributed by atoms with Gasteiger partial charge in [-0.2, -0.15) is 0 Å². The molecule has 0 radical (unpaired) electrons. The zero-order valence-corrected chi connectivity index (χ0v) is 16.0. The highest BCUT2D eigenvalue weighted by Gasteiger charge is 2.26. The summed E-state index contributed by atoms with van der Waals surface area (Å²) in [7, 11) is 0. The maximum atomic E-state index is 15.0. The fraction of sp³-hybridized carbons (Fsp3) is 0.286. The highest BCUT2D eigenvalue weighted by atomic mass is 35.5. The number of nitrogens with one attached hydrogen (secondary N) is 1. The molecule has 5 rings (SSSR count). The van der Waals surface area contributed by atoms with Gasteiger partial charge in [0.1, 0.15) is 12.4 Å². The van der Waals surface area contributed by atoms with Gasteiger partial charge in [-0.1, -0.05) is 35.9 Å². The first kappa shape index (κ1) is 17.5. The number of benzene rings is 2. The van der Waals surface area contributed by atoms with Crippen molar-refractivity contribution in [2.45, 2.75) is 25.9 Å². The van der Waals surface area contributed by atoms with E-state index in [0.29, 0.717) is 46.7 Å². The number of aromatic nitrogens is 3. The minimum atomic E-state index is -0.321. The van der Waals surface area contributed by atoms with Crippen LogP contribution in [0.1, 0.15) is 35.6 Å². The first-order chi connectivity index (χ1) is 13.7. The standard InChI is InChI=1S/C21H19ClFN5/c22-15-4-1-3-14(9-15)20-16-5-2-6-17(23)21(16)28-18(11-24-10-13-7-8-13)26-27-19(28)12-25-20/h1-6,9,13,24H,7-8,10-12H2. The third-order valence-electron chi connectivity index (χ3n) is 5.15. The van der Waals surface area contributed by atoms with Crippen LogP contribution in [0.15, 0.2) is 47.5 Å². The van der Waals surface area contributed by atoms with Crippen LogP contribution in [0.3, 0.4) is 0 Å². The Morgan fingerprint density at radius 3 is 2.82 bits per heavy atom. The smallest absolute Gasteiger partial charge is 0.159 e. The monoisotopic (exact) mass is 395 g/mol. The summed E-state index contributed by atoms with van der Waals surface area (Å²) in [6.45, 7) is 1.83. The lowest BCUT2D eigenvalue weighted by Crippen LogP contribution is -2.20. The van der Waals surface area contributed by atoms with Gasteiger partial charge >= 0.3 is 0 Å². The molecule has 2 aliphatic rings. The molecule has 1 fully saturated rings. The summed E-state index contributed by atoms with van der Waals surface area (Å²) >= 11 is 6.18. The van der Waals surface area contributed by atoms with Crippen LogP contribution in [-0.4, -0.2) is 27.0 Å². The van der Waals surface area contributed by atoms with Crippen molar-refractivity contribution in [1.29, 1.82) is 0 Å². The van der Waals surface area contributed by atoms with Crippen molar-refractivity contribution in [2.75, 3.05) is 6.54 Å². The van der Waals surface area contributed by atoms with E-state index in [0.717, 1.165) is 18.0 Å². The zero-order chi connectivity index (χ0) is 19.1. The van der Waals surface area contributed by atoms with Crippen LogP contribution in [0.25, 0.3) is 5.69 Å². The minimum Gasteiger partial charge on any atom is -0.310 e. The molecule has 28 heavy (non-hydrogen) atoms. The highest BCUT2D eigenvalue weighted by molar-refractivity contribution is 6.31. The quantitative estimate of drug-likeness (QED) is 0.712. The summed E-state index contributed by atoms with van der Waals surface area (Å²) in [5.41, 5.74) is 2.72. The van der Waals surface area contributed by atoms with Crippen LogP contribution >= 0.6 is 11.6 Å². The molecule has 0 amide bonds. The maximum absolute atomic E-state index is 15.0. The van der Waals surface area contributed by atoms with E-state index in [2.05, 4.69) is 15.5 Å². The Morgan fingerprint density at radius 1 is 1.14 bits per heavy atom. The Morgan fingerprint density at radius 2 is 2.00 bits per heavy atom. The molecule has 142 valence electrons. The van der Waals surface area contributed by atoms with E-state index < -0.39 is 0 Å². The molecule has 0 unspecified atom stereocenters. The highest BCUT2D eigenvalue weighted by Crippen LogP contribution is 2.30. The fourth-order valence-electron chi connectivity index (χ4n) is 3.59. The van der Waals surface area contributed by atoms with Gasteiger partial charge in [-0.25, -0.2) is 4.39 Å². The lowest BCUT2D eigenvalue weighted by molar-refractivity contribution is 0.592. The molecule has 0 saturated heterocycles. The van der Waals surface area contributed by atoms with E-state index in [1.165, 1.54) is 18.9 Å². The van der Waals surface area contributed by atoms with Gasteiger partial charge in [0.2, 0.25) is 0 Å². The summed E-state index contributed by atoms with van der Waals surface area (Å²) in [5.74, 6) is 1.77. The minimum absolute atomic E-state index is 0.321. The van der Waals surface area contributed by atoms with Crippen molar-refractivity contribution in [1.82, 2.24) is 20.1 Å². The molecule has 1 N–H and O–H groups in total. The average molecular weight is 396 g/mol. The summed E-state index contributed by atoms with van der Waals surface area (Å²) in [4.78, 5) is 4.74. The number of fused-ring (bicyclic) bond motifs is 3. The molecule has 0 spiro atoms. The Labute approximate surface area is 167 Å². The van der Waals surface area contributed by atoms with E-state index >= 15 is 4.39 Å². The summed E-state index contributed by atoms with van der Waals surface area (Å²) in [5, 5.41) is 12.6. The van der Waals surface area contributed by atoms with Gasteiger partial charge in [0.25, 0.3) is 0 Å². The topological polar surface area (TPSA) is 55.1 Å². The predicted molar refractivity (Wildman–Crippen MR) is 107 cm³/mol. The van der Waals surface area contributed by atoms with Crippen LogP contribution < -0.4 is 5.32 Å². The molecule has 0 bridgehead atoms. The Hall–Kier alpha value is -2.57. The second-order valence-corrected chi connectivity index (χ2v) is 7.69. The lowest BCUT2D eigenvalue weighted by atomic mass is 10.00. The fourth-order valence-corrected chi connectivity index (χ4v) is 3.78. The number of nitrogens with zero attached hydrogens (tertiary/aromatic N) is 4. The van der Waals surface area contributed by atoms with Crippen molar-refractivity contribution < 1.29 is 4.39 Å². The van der Waals surface area contributed by atoms with Crippen LogP contribution in [-0.2, 0) is 13.1 Å². The first-order valence-electron chi connectivity index (χ1n) is 9.44. The van der Waals surface area contributed by atoms with Crippen LogP contribution in [0, 0.1) is 11.7 Å². The summed E-state index contributed by atoms with van der Waals surface area (Å²) < 4.78 is 16.9. The van der Waals surface area contributed by atoms with Gasteiger partial charge in [0.15, 0.2) is 11.6 Å². The third-order valence-corrected chi connectivity index (χ3v) is 5.39. The molecule has 0 atom stereocenters. The SMILES string of the molecule is Fc1cccc2c1-n1c(nnc1CNCC1CC1)CN=C2c1cccc(Cl)c1. The molecule has 2 aromatic carbocycles. The molecular formula is C21H19ClFN5. The Kier molecular flexibility index (Phi) is 4.45. The van der Waals surface area contributed by atoms with Gasteiger partial charge < -0.3 is 5.32 Å².